The van der Waals surface area contributed by atoms with Crippen LogP contribution in [0.2, 0.25) is 0 Å². The van der Waals surface area contributed by atoms with Crippen LogP contribution in [0.5, 0.6) is 0 Å². The highest BCUT2D eigenvalue weighted by Crippen LogP contribution is 2.51. The summed E-state index contributed by atoms with van der Waals surface area (Å²) >= 11 is 0. The average molecular weight is 331 g/mol. The van der Waals surface area contributed by atoms with Crippen molar-refractivity contribution in [2.24, 2.45) is 5.41 Å². The van der Waals surface area contributed by atoms with Crippen LogP contribution in [-0.2, 0) is 0 Å². The molecule has 0 aromatic carbocycles. The summed E-state index contributed by atoms with van der Waals surface area (Å²) in [4.78, 5) is 12.6. The summed E-state index contributed by atoms with van der Waals surface area (Å²) in [6, 6.07) is 5.34. The van der Waals surface area contributed by atoms with Crippen molar-refractivity contribution in [1.29, 1.82) is 0 Å². The highest BCUT2D eigenvalue weighted by molar-refractivity contribution is 5.60. The molecule has 1 aliphatic carbocycles. The molecule has 2 fully saturated rings. The Morgan fingerprint density at radius 2 is 2.08 bits per heavy atom. The minimum atomic E-state index is -2.61. The van der Waals surface area contributed by atoms with Crippen LogP contribution in [0.4, 0.5) is 14.6 Å². The van der Waals surface area contributed by atoms with E-state index in [4.69, 9.17) is 0 Å². The van der Waals surface area contributed by atoms with Crippen LogP contribution in [-0.4, -0.2) is 34.1 Å². The molecule has 0 radical (unpaired) electrons. The minimum absolute atomic E-state index is 0.269. The molecular formula is C17H19F2N5. The van der Waals surface area contributed by atoms with Gasteiger partial charge in [-0.1, -0.05) is 0 Å². The van der Waals surface area contributed by atoms with Crippen molar-refractivity contribution in [3.63, 3.8) is 0 Å². The van der Waals surface area contributed by atoms with E-state index in [0.29, 0.717) is 17.0 Å². The lowest BCUT2D eigenvalue weighted by Gasteiger charge is -2.20. The highest BCUT2D eigenvalue weighted by atomic mass is 19.3. The van der Waals surface area contributed by atoms with Crippen LogP contribution in [0.15, 0.2) is 24.4 Å². The van der Waals surface area contributed by atoms with Gasteiger partial charge in [0.1, 0.15) is 11.5 Å². The first-order chi connectivity index (χ1) is 11.6. The van der Waals surface area contributed by atoms with Crippen LogP contribution >= 0.6 is 0 Å². The van der Waals surface area contributed by atoms with Crippen molar-refractivity contribution in [1.82, 2.24) is 20.3 Å². The molecule has 2 aromatic rings. The first-order valence-corrected chi connectivity index (χ1v) is 8.14. The minimum Gasteiger partial charge on any atom is -0.365 e. The summed E-state index contributed by atoms with van der Waals surface area (Å²) in [5, 5.41) is 6.94. The Morgan fingerprint density at radius 1 is 1.25 bits per heavy atom. The van der Waals surface area contributed by atoms with Gasteiger partial charge >= 0.3 is 0 Å². The zero-order valence-electron chi connectivity index (χ0n) is 13.4. The summed E-state index contributed by atoms with van der Waals surface area (Å²) in [6.07, 6.45) is 1.26. The lowest BCUT2D eigenvalue weighted by atomic mass is 10.0. The molecule has 1 saturated carbocycles. The van der Waals surface area contributed by atoms with Crippen molar-refractivity contribution >= 4 is 5.82 Å². The number of pyridine rings is 1. The zero-order chi connectivity index (χ0) is 16.7. The van der Waals surface area contributed by atoms with Crippen LogP contribution < -0.4 is 10.6 Å². The van der Waals surface area contributed by atoms with Gasteiger partial charge in [0.05, 0.1) is 5.69 Å². The van der Waals surface area contributed by atoms with E-state index in [1.165, 1.54) is 25.1 Å². The van der Waals surface area contributed by atoms with Gasteiger partial charge in [0.25, 0.3) is 6.43 Å². The number of alkyl halides is 2. The fourth-order valence-corrected chi connectivity index (χ4v) is 3.38. The maximum Gasteiger partial charge on any atom is 0.280 e. The number of nitrogens with zero attached hydrogens (tertiary/aromatic N) is 3. The lowest BCUT2D eigenvalue weighted by Crippen LogP contribution is -2.29. The Hall–Kier alpha value is -2.15. The van der Waals surface area contributed by atoms with Gasteiger partial charge in [-0.15, -0.1) is 0 Å². The number of aryl methyl sites for hydroxylation is 1. The zero-order valence-corrected chi connectivity index (χ0v) is 13.4. The largest absolute Gasteiger partial charge is 0.365 e. The Bertz CT molecular complexity index is 760. The molecule has 4 rings (SSSR count). The quantitative estimate of drug-likeness (QED) is 0.902. The van der Waals surface area contributed by atoms with Gasteiger partial charge in [-0.3, -0.25) is 0 Å². The second-order valence-electron chi connectivity index (χ2n) is 6.63. The van der Waals surface area contributed by atoms with Gasteiger partial charge in [0, 0.05) is 36.3 Å². The van der Waals surface area contributed by atoms with Crippen molar-refractivity contribution in [2.45, 2.75) is 32.2 Å². The third-order valence-corrected chi connectivity index (χ3v) is 5.01. The molecule has 1 atom stereocenters. The van der Waals surface area contributed by atoms with Gasteiger partial charge in [-0.2, -0.15) is 0 Å². The molecule has 3 heterocycles. The van der Waals surface area contributed by atoms with Crippen molar-refractivity contribution in [3.05, 3.63) is 35.8 Å². The molecule has 1 aliphatic heterocycles. The smallest absolute Gasteiger partial charge is 0.280 e. The number of anilines is 1. The summed E-state index contributed by atoms with van der Waals surface area (Å²) in [5.41, 5.74) is 1.52. The first kappa shape index (κ1) is 15.4. The van der Waals surface area contributed by atoms with E-state index in [-0.39, 0.29) is 11.5 Å². The SMILES string of the molecule is Cc1nc(N[C@@H]2CNCC23CC3)ccc1-c1nccc(C(F)F)n1. The summed E-state index contributed by atoms with van der Waals surface area (Å²) in [5.74, 6) is 1.09. The average Bonchev–Trinajstić information content (AvgIpc) is 3.24. The molecule has 0 amide bonds. The first-order valence-electron chi connectivity index (χ1n) is 8.14. The molecule has 0 unspecified atom stereocenters. The second-order valence-corrected chi connectivity index (χ2v) is 6.63. The standard InChI is InChI=1S/C17H19F2N5/c1-10-11(16-21-7-4-12(23-16)15(18)19)2-3-14(22-10)24-13-8-20-9-17(13)5-6-17/h2-4,7,13,15,20H,5-6,8-9H2,1H3,(H,22,24)/t13-/m1/s1. The van der Waals surface area contributed by atoms with Gasteiger partial charge in [0.2, 0.25) is 0 Å². The van der Waals surface area contributed by atoms with Crippen LogP contribution in [0, 0.1) is 12.3 Å². The second kappa shape index (κ2) is 5.73. The van der Waals surface area contributed by atoms with E-state index in [9.17, 15) is 8.78 Å². The van der Waals surface area contributed by atoms with Crippen LogP contribution in [0.1, 0.15) is 30.7 Å². The van der Waals surface area contributed by atoms with Gasteiger partial charge < -0.3 is 10.6 Å². The van der Waals surface area contributed by atoms with Gasteiger partial charge in [-0.05, 0) is 38.0 Å². The Morgan fingerprint density at radius 3 is 2.79 bits per heavy atom. The lowest BCUT2D eigenvalue weighted by molar-refractivity contribution is 0.146. The third kappa shape index (κ3) is 2.73. The van der Waals surface area contributed by atoms with Gasteiger partial charge in [-0.25, -0.2) is 23.7 Å². The Kier molecular flexibility index (Phi) is 3.68. The fraction of sp³-hybridized carbons (Fsp3) is 0.471. The van der Waals surface area contributed by atoms with Crippen molar-refractivity contribution in [3.8, 4) is 11.4 Å². The predicted octanol–water partition coefficient (Wildman–Crippen LogP) is 2.95. The number of halogens is 2. The summed E-state index contributed by atoms with van der Waals surface area (Å²) in [6.45, 7) is 3.86. The fourth-order valence-electron chi connectivity index (χ4n) is 3.38. The molecule has 126 valence electrons. The summed E-state index contributed by atoms with van der Waals surface area (Å²) < 4.78 is 25.6. The van der Waals surface area contributed by atoms with E-state index in [2.05, 4.69) is 25.6 Å². The predicted molar refractivity (Wildman–Crippen MR) is 86.9 cm³/mol. The van der Waals surface area contributed by atoms with Crippen LogP contribution in [0.25, 0.3) is 11.4 Å². The number of nitrogens with one attached hydrogen (secondary N) is 2. The van der Waals surface area contributed by atoms with E-state index in [0.717, 1.165) is 24.6 Å². The third-order valence-electron chi connectivity index (χ3n) is 5.01. The molecule has 2 aromatic heterocycles. The maximum absolute atomic E-state index is 12.8. The molecule has 0 bridgehead atoms. The van der Waals surface area contributed by atoms with E-state index in [1.54, 1.807) is 0 Å². The Labute approximate surface area is 138 Å². The molecule has 24 heavy (non-hydrogen) atoms. The molecular weight excluding hydrogens is 312 g/mol. The molecule has 5 nitrogen and oxygen atoms in total. The van der Waals surface area contributed by atoms with Crippen molar-refractivity contribution in [2.75, 3.05) is 18.4 Å². The molecule has 2 aliphatic rings. The molecule has 2 N–H and O–H groups in total. The Balaban J connectivity index is 1.57. The molecule has 7 heteroatoms. The normalized spacial score (nSPS) is 21.4. The monoisotopic (exact) mass is 331 g/mol. The number of rotatable bonds is 4. The number of aromatic nitrogens is 3. The number of hydrogen-bond donors (Lipinski definition) is 2. The van der Waals surface area contributed by atoms with E-state index >= 15 is 0 Å². The topological polar surface area (TPSA) is 62.7 Å². The number of hydrogen-bond acceptors (Lipinski definition) is 5. The van der Waals surface area contributed by atoms with Gasteiger partial charge in [0.15, 0.2) is 5.82 Å². The van der Waals surface area contributed by atoms with E-state index in [1.807, 2.05) is 19.1 Å². The maximum atomic E-state index is 12.8. The molecule has 1 saturated heterocycles. The van der Waals surface area contributed by atoms with E-state index < -0.39 is 6.43 Å². The highest BCUT2D eigenvalue weighted by Gasteiger charge is 2.52. The summed E-state index contributed by atoms with van der Waals surface area (Å²) in [7, 11) is 0. The molecule has 1 spiro atoms. The van der Waals surface area contributed by atoms with Crippen LogP contribution in [0.3, 0.4) is 0 Å². The van der Waals surface area contributed by atoms with Crippen molar-refractivity contribution < 1.29 is 8.78 Å².